The SMILES string of the molecule is C=C(C)c1cccc2c1C(=O)c1ccccc1C2=O. The predicted molar refractivity (Wildman–Crippen MR) is 74.5 cm³/mol. The molecule has 0 saturated heterocycles. The normalized spacial score (nSPS) is 12.9. The van der Waals surface area contributed by atoms with Crippen LogP contribution in [0.15, 0.2) is 49.0 Å². The molecular weight excluding hydrogens is 236 g/mol. The van der Waals surface area contributed by atoms with Crippen molar-refractivity contribution in [3.63, 3.8) is 0 Å². The molecule has 19 heavy (non-hydrogen) atoms. The fraction of sp³-hybridized carbons (Fsp3) is 0.0588. The number of carbonyl (C=O) groups is 2. The van der Waals surface area contributed by atoms with E-state index in [1.807, 2.05) is 13.0 Å². The maximum Gasteiger partial charge on any atom is 0.195 e. The van der Waals surface area contributed by atoms with Crippen molar-refractivity contribution >= 4 is 17.1 Å². The molecule has 0 fully saturated rings. The molecule has 2 heteroatoms. The Morgan fingerprint density at radius 2 is 1.42 bits per heavy atom. The van der Waals surface area contributed by atoms with Gasteiger partial charge in [0.05, 0.1) is 0 Å². The second-order valence-electron chi connectivity index (χ2n) is 4.71. The van der Waals surface area contributed by atoms with Crippen molar-refractivity contribution < 1.29 is 9.59 Å². The highest BCUT2D eigenvalue weighted by atomic mass is 16.1. The zero-order valence-corrected chi connectivity index (χ0v) is 10.6. The van der Waals surface area contributed by atoms with Crippen molar-refractivity contribution in [1.82, 2.24) is 0 Å². The van der Waals surface area contributed by atoms with Crippen LogP contribution in [0.25, 0.3) is 5.57 Å². The first-order valence-electron chi connectivity index (χ1n) is 6.08. The lowest BCUT2D eigenvalue weighted by Crippen LogP contribution is -2.22. The van der Waals surface area contributed by atoms with Crippen molar-refractivity contribution in [1.29, 1.82) is 0 Å². The van der Waals surface area contributed by atoms with E-state index in [4.69, 9.17) is 0 Å². The molecule has 0 aliphatic heterocycles. The van der Waals surface area contributed by atoms with Crippen LogP contribution in [0.1, 0.15) is 44.3 Å². The molecule has 0 aromatic heterocycles. The molecule has 0 atom stereocenters. The van der Waals surface area contributed by atoms with Crippen LogP contribution in [0.2, 0.25) is 0 Å². The van der Waals surface area contributed by atoms with Crippen molar-refractivity contribution in [3.05, 3.63) is 76.9 Å². The second kappa shape index (κ2) is 4.02. The quantitative estimate of drug-likeness (QED) is 0.660. The third kappa shape index (κ3) is 1.57. The monoisotopic (exact) mass is 248 g/mol. The van der Waals surface area contributed by atoms with Gasteiger partial charge in [-0.05, 0) is 12.5 Å². The van der Waals surface area contributed by atoms with E-state index >= 15 is 0 Å². The van der Waals surface area contributed by atoms with Crippen LogP contribution in [-0.2, 0) is 0 Å². The number of allylic oxidation sites excluding steroid dienone is 1. The first-order valence-corrected chi connectivity index (χ1v) is 6.08. The van der Waals surface area contributed by atoms with Gasteiger partial charge >= 0.3 is 0 Å². The van der Waals surface area contributed by atoms with E-state index in [2.05, 4.69) is 6.58 Å². The minimum atomic E-state index is -0.0937. The minimum Gasteiger partial charge on any atom is -0.289 e. The van der Waals surface area contributed by atoms with Crippen LogP contribution < -0.4 is 0 Å². The Hall–Kier alpha value is -2.48. The summed E-state index contributed by atoms with van der Waals surface area (Å²) < 4.78 is 0. The maximum atomic E-state index is 12.6. The highest BCUT2D eigenvalue weighted by Crippen LogP contribution is 2.31. The van der Waals surface area contributed by atoms with E-state index in [9.17, 15) is 9.59 Å². The lowest BCUT2D eigenvalue weighted by atomic mass is 9.81. The molecule has 0 N–H and O–H groups in total. The van der Waals surface area contributed by atoms with E-state index in [1.54, 1.807) is 36.4 Å². The topological polar surface area (TPSA) is 34.1 Å². The highest BCUT2D eigenvalue weighted by Gasteiger charge is 2.30. The molecule has 2 aromatic carbocycles. The van der Waals surface area contributed by atoms with Crippen LogP contribution in [0, 0.1) is 0 Å². The molecule has 0 saturated carbocycles. The van der Waals surface area contributed by atoms with Gasteiger partial charge in [-0.2, -0.15) is 0 Å². The third-order valence-corrected chi connectivity index (χ3v) is 3.41. The van der Waals surface area contributed by atoms with Gasteiger partial charge in [-0.1, -0.05) is 54.6 Å². The molecule has 1 aliphatic rings. The van der Waals surface area contributed by atoms with Gasteiger partial charge in [0, 0.05) is 22.3 Å². The molecule has 0 unspecified atom stereocenters. The summed E-state index contributed by atoms with van der Waals surface area (Å²) in [6.07, 6.45) is 0. The molecule has 92 valence electrons. The number of ketones is 2. The highest BCUT2D eigenvalue weighted by molar-refractivity contribution is 6.29. The van der Waals surface area contributed by atoms with Gasteiger partial charge in [0.2, 0.25) is 0 Å². The minimum absolute atomic E-state index is 0.0895. The third-order valence-electron chi connectivity index (χ3n) is 3.41. The predicted octanol–water partition coefficient (Wildman–Crippen LogP) is 3.50. The summed E-state index contributed by atoms with van der Waals surface area (Å²) in [4.78, 5) is 25.0. The molecule has 0 spiro atoms. The van der Waals surface area contributed by atoms with Gasteiger partial charge in [-0.25, -0.2) is 0 Å². The standard InChI is InChI=1S/C17H12O2/c1-10(2)11-8-5-9-14-15(11)17(19)13-7-4-3-6-12(13)16(14)18/h3-9H,1H2,2H3. The van der Waals surface area contributed by atoms with E-state index in [0.717, 1.165) is 11.1 Å². The first kappa shape index (κ1) is 11.6. The maximum absolute atomic E-state index is 12.6. The van der Waals surface area contributed by atoms with Gasteiger partial charge in [-0.3, -0.25) is 9.59 Å². The van der Waals surface area contributed by atoms with Crippen LogP contribution in [0.5, 0.6) is 0 Å². The summed E-state index contributed by atoms with van der Waals surface area (Å²) in [5, 5.41) is 0. The van der Waals surface area contributed by atoms with Crippen LogP contribution in [0.3, 0.4) is 0 Å². The first-order chi connectivity index (χ1) is 9.11. The number of carbonyl (C=O) groups excluding carboxylic acids is 2. The average molecular weight is 248 g/mol. The fourth-order valence-corrected chi connectivity index (χ4v) is 2.50. The number of rotatable bonds is 1. The lowest BCUT2D eigenvalue weighted by molar-refractivity contribution is 0.0979. The molecule has 0 bridgehead atoms. The Bertz CT molecular complexity index is 739. The van der Waals surface area contributed by atoms with E-state index in [0.29, 0.717) is 22.3 Å². The van der Waals surface area contributed by atoms with Gasteiger partial charge in [0.25, 0.3) is 0 Å². The van der Waals surface area contributed by atoms with Crippen molar-refractivity contribution in [3.8, 4) is 0 Å². The van der Waals surface area contributed by atoms with Crippen LogP contribution in [0.4, 0.5) is 0 Å². The molecule has 2 aromatic rings. The Kier molecular flexibility index (Phi) is 2.46. The Balaban J connectivity index is 2.36. The summed E-state index contributed by atoms with van der Waals surface area (Å²) in [6.45, 7) is 5.73. The number of hydrogen-bond acceptors (Lipinski definition) is 2. The van der Waals surface area contributed by atoms with Crippen molar-refractivity contribution in [2.24, 2.45) is 0 Å². The van der Waals surface area contributed by atoms with Crippen LogP contribution >= 0.6 is 0 Å². The lowest BCUT2D eigenvalue weighted by Gasteiger charge is -2.20. The molecule has 1 aliphatic carbocycles. The number of fused-ring (bicyclic) bond motifs is 2. The summed E-state index contributed by atoms with van der Waals surface area (Å²) in [5.41, 5.74) is 3.47. The smallest absolute Gasteiger partial charge is 0.195 e. The van der Waals surface area contributed by atoms with Gasteiger partial charge in [-0.15, -0.1) is 0 Å². The number of hydrogen-bond donors (Lipinski definition) is 0. The Morgan fingerprint density at radius 3 is 2.05 bits per heavy atom. The van der Waals surface area contributed by atoms with Gasteiger partial charge in [0.1, 0.15) is 0 Å². The average Bonchev–Trinajstić information content (AvgIpc) is 2.44. The summed E-state index contributed by atoms with van der Waals surface area (Å²) in [5.74, 6) is -0.183. The molecule has 3 rings (SSSR count). The number of benzene rings is 2. The van der Waals surface area contributed by atoms with Gasteiger partial charge in [0.15, 0.2) is 11.6 Å². The van der Waals surface area contributed by atoms with Crippen molar-refractivity contribution in [2.75, 3.05) is 0 Å². The largest absolute Gasteiger partial charge is 0.289 e. The van der Waals surface area contributed by atoms with E-state index < -0.39 is 0 Å². The summed E-state index contributed by atoms with van der Waals surface area (Å²) in [6, 6.07) is 12.3. The van der Waals surface area contributed by atoms with Crippen molar-refractivity contribution in [2.45, 2.75) is 6.92 Å². The summed E-state index contributed by atoms with van der Waals surface area (Å²) in [7, 11) is 0. The molecule has 2 nitrogen and oxygen atoms in total. The van der Waals surface area contributed by atoms with Gasteiger partial charge < -0.3 is 0 Å². The van der Waals surface area contributed by atoms with E-state index in [1.165, 1.54) is 0 Å². The molecular formula is C17H12O2. The van der Waals surface area contributed by atoms with E-state index in [-0.39, 0.29) is 11.6 Å². The summed E-state index contributed by atoms with van der Waals surface area (Å²) >= 11 is 0. The Morgan fingerprint density at radius 1 is 0.842 bits per heavy atom. The Labute approximate surface area is 111 Å². The molecule has 0 heterocycles. The second-order valence-corrected chi connectivity index (χ2v) is 4.71. The molecule has 0 radical (unpaired) electrons. The zero-order valence-electron chi connectivity index (χ0n) is 10.6. The fourth-order valence-electron chi connectivity index (χ4n) is 2.50. The van der Waals surface area contributed by atoms with Crippen LogP contribution in [-0.4, -0.2) is 11.6 Å². The zero-order chi connectivity index (χ0) is 13.6. The molecule has 0 amide bonds.